The molecule has 0 atom stereocenters. The summed E-state index contributed by atoms with van der Waals surface area (Å²) in [6.07, 6.45) is 1.96. The molecule has 34 heavy (non-hydrogen) atoms. The van der Waals surface area contributed by atoms with Crippen LogP contribution in [0.1, 0.15) is 24.0 Å². The Morgan fingerprint density at radius 3 is 1.44 bits per heavy atom. The molecule has 0 N–H and O–H groups in total. The number of hydrogen-bond donors (Lipinski definition) is 0. The van der Waals surface area contributed by atoms with E-state index < -0.39 is 17.4 Å². The second kappa shape index (κ2) is 7.99. The first-order valence-corrected chi connectivity index (χ1v) is 13.0. The molecule has 2 saturated heterocycles. The molecular formula is C22H26N5O6P. The van der Waals surface area contributed by atoms with E-state index in [4.69, 9.17) is 9.05 Å². The summed E-state index contributed by atoms with van der Waals surface area (Å²) in [5.41, 5.74) is 1.26. The number of non-ortho nitro benzene ring substituents is 2. The first-order chi connectivity index (χ1) is 16.3. The fourth-order valence-electron chi connectivity index (χ4n) is 5.10. The third-order valence-electron chi connectivity index (χ3n) is 6.84. The van der Waals surface area contributed by atoms with Crippen molar-refractivity contribution in [3.63, 3.8) is 0 Å². The van der Waals surface area contributed by atoms with Gasteiger partial charge in [-0.2, -0.15) is 0 Å². The molecule has 0 amide bonds. The van der Waals surface area contributed by atoms with Gasteiger partial charge in [-0.05, 0) is 0 Å². The summed E-state index contributed by atoms with van der Waals surface area (Å²) in [7, 11) is 0.315. The molecule has 11 nitrogen and oxygen atoms in total. The van der Waals surface area contributed by atoms with Crippen molar-refractivity contribution in [2.75, 3.05) is 40.3 Å². The van der Waals surface area contributed by atoms with Crippen LogP contribution in [-0.4, -0.2) is 64.1 Å². The quantitative estimate of drug-likeness (QED) is 0.350. The van der Waals surface area contributed by atoms with Crippen molar-refractivity contribution in [3.8, 4) is 0 Å². The molecule has 2 aromatic rings. The Bertz CT molecular complexity index is 1100. The predicted octanol–water partition coefficient (Wildman–Crippen LogP) is 4.48. The molecule has 0 saturated carbocycles. The summed E-state index contributed by atoms with van der Waals surface area (Å²) in [6.45, 7) is 3.24. The van der Waals surface area contributed by atoms with E-state index in [1.807, 2.05) is 14.1 Å². The maximum atomic E-state index is 11.2. The van der Waals surface area contributed by atoms with Crippen LogP contribution >= 0.6 is 7.51 Å². The van der Waals surface area contributed by atoms with Crippen molar-refractivity contribution in [2.24, 2.45) is 0 Å². The van der Waals surface area contributed by atoms with Crippen LogP contribution < -0.4 is 0 Å². The van der Waals surface area contributed by atoms with Crippen molar-refractivity contribution in [2.45, 2.75) is 12.8 Å². The molecule has 3 heterocycles. The van der Waals surface area contributed by atoms with E-state index in [2.05, 4.69) is 14.0 Å². The van der Waals surface area contributed by atoms with Gasteiger partial charge in [-0.3, -0.25) is 0 Å². The predicted molar refractivity (Wildman–Crippen MR) is 128 cm³/mol. The van der Waals surface area contributed by atoms with Gasteiger partial charge in [0.1, 0.15) is 0 Å². The van der Waals surface area contributed by atoms with E-state index in [1.165, 1.54) is 24.3 Å². The molecule has 12 heteroatoms. The minimum absolute atomic E-state index is 0.0178. The van der Waals surface area contributed by atoms with E-state index in [1.54, 1.807) is 24.3 Å². The molecule has 1 spiro atoms. The van der Waals surface area contributed by atoms with Crippen molar-refractivity contribution >= 4 is 30.4 Å². The van der Waals surface area contributed by atoms with Gasteiger partial charge in [-0.15, -0.1) is 0 Å². The van der Waals surface area contributed by atoms with Gasteiger partial charge in [0.15, 0.2) is 0 Å². The Morgan fingerprint density at radius 2 is 1.09 bits per heavy atom. The van der Waals surface area contributed by atoms with Crippen LogP contribution in [-0.2, 0) is 9.05 Å². The van der Waals surface area contributed by atoms with Gasteiger partial charge in [0.2, 0.25) is 0 Å². The van der Waals surface area contributed by atoms with Gasteiger partial charge in [-0.1, -0.05) is 0 Å². The molecule has 180 valence electrons. The summed E-state index contributed by atoms with van der Waals surface area (Å²) in [6, 6.07) is 12.4. The van der Waals surface area contributed by atoms with E-state index in [0.717, 1.165) is 39.0 Å². The molecule has 0 unspecified atom stereocenters. The van der Waals surface area contributed by atoms with E-state index in [0.29, 0.717) is 22.6 Å². The monoisotopic (exact) mass is 487 g/mol. The van der Waals surface area contributed by atoms with Gasteiger partial charge < -0.3 is 0 Å². The fourth-order valence-corrected chi connectivity index (χ4v) is 10.3. The van der Waals surface area contributed by atoms with Crippen molar-refractivity contribution in [1.29, 1.82) is 0 Å². The van der Waals surface area contributed by atoms with E-state index >= 15 is 0 Å². The van der Waals surface area contributed by atoms with Crippen LogP contribution in [0.2, 0.25) is 0 Å². The summed E-state index contributed by atoms with van der Waals surface area (Å²) < 4.78 is 20.7. The SMILES string of the molecule is CN1CCCN2CCCN(C)P123OC(c1ccc([N+](=O)[O-])cc1)=C(c1ccc([N+](=O)[O-])cc1)O3. The van der Waals surface area contributed by atoms with Crippen LogP contribution in [0.25, 0.3) is 11.5 Å². The molecule has 0 aliphatic carbocycles. The van der Waals surface area contributed by atoms with Crippen molar-refractivity contribution < 1.29 is 18.9 Å². The minimum atomic E-state index is -3.71. The average Bonchev–Trinajstić information content (AvgIpc) is 3.20. The second-order valence-corrected chi connectivity index (χ2v) is 12.7. The third-order valence-corrected chi connectivity index (χ3v) is 11.9. The van der Waals surface area contributed by atoms with Gasteiger partial charge in [0.05, 0.1) is 0 Å². The Morgan fingerprint density at radius 1 is 0.706 bits per heavy atom. The molecule has 3 aliphatic rings. The summed E-state index contributed by atoms with van der Waals surface area (Å²) in [5, 5.41) is 22.4. The van der Waals surface area contributed by atoms with Crippen LogP contribution in [0, 0.1) is 20.2 Å². The number of nitrogens with zero attached hydrogens (tertiary/aromatic N) is 5. The van der Waals surface area contributed by atoms with Gasteiger partial charge in [-0.25, -0.2) is 0 Å². The maximum absolute atomic E-state index is 11.2. The number of rotatable bonds is 4. The van der Waals surface area contributed by atoms with Crippen LogP contribution in [0.4, 0.5) is 11.4 Å². The van der Waals surface area contributed by atoms with Crippen molar-refractivity contribution in [3.05, 3.63) is 79.9 Å². The zero-order valence-corrected chi connectivity index (χ0v) is 19.9. The van der Waals surface area contributed by atoms with E-state index in [-0.39, 0.29) is 11.4 Å². The standard InChI is InChI=1S/C22H26N5O6P/c1-23-13-3-15-25-16-4-14-24(2)34(23,25)32-21(17-5-9-19(10-6-17)26(28)29)22(33-34)18-7-11-20(12-8-18)27(30)31/h5-12H,3-4,13-16H2,1-2H3. The van der Waals surface area contributed by atoms with Crippen LogP contribution in [0.3, 0.4) is 0 Å². The number of hydrogen-bond acceptors (Lipinski definition) is 9. The normalized spacial score (nSPS) is 23.4. The summed E-state index contributed by atoms with van der Waals surface area (Å²) in [5.74, 6) is 0.961. The van der Waals surface area contributed by atoms with Gasteiger partial charge >= 0.3 is 196 Å². The van der Waals surface area contributed by atoms with Gasteiger partial charge in [0.25, 0.3) is 0 Å². The molecular weight excluding hydrogens is 461 g/mol. The topological polar surface area (TPSA) is 114 Å². The Labute approximate surface area is 196 Å². The van der Waals surface area contributed by atoms with Crippen LogP contribution in [0.15, 0.2) is 48.5 Å². The number of nitro benzene ring substituents is 2. The Kier molecular flexibility index (Phi) is 5.33. The molecule has 0 radical (unpaired) electrons. The molecule has 2 fully saturated rings. The molecule has 0 bridgehead atoms. The summed E-state index contributed by atoms with van der Waals surface area (Å²) in [4.78, 5) is 21.5. The van der Waals surface area contributed by atoms with Crippen molar-refractivity contribution in [1.82, 2.24) is 14.0 Å². The number of benzene rings is 2. The van der Waals surface area contributed by atoms with Gasteiger partial charge in [0, 0.05) is 0 Å². The molecule has 0 aromatic heterocycles. The Hall–Kier alpha value is -3.11. The van der Waals surface area contributed by atoms with Crippen LogP contribution in [0.5, 0.6) is 0 Å². The first kappa shape index (κ1) is 22.7. The molecule has 5 rings (SSSR count). The fraction of sp³-hybridized carbons (Fsp3) is 0.364. The molecule has 3 aliphatic heterocycles. The average molecular weight is 487 g/mol. The Balaban J connectivity index is 1.68. The third kappa shape index (κ3) is 3.12. The summed E-state index contributed by atoms with van der Waals surface area (Å²) >= 11 is 0. The first-order valence-electron chi connectivity index (χ1n) is 11.1. The number of nitro groups is 2. The zero-order chi connectivity index (χ0) is 24.1. The molecule has 2 aromatic carbocycles. The van der Waals surface area contributed by atoms with E-state index in [9.17, 15) is 20.2 Å². The second-order valence-electron chi connectivity index (χ2n) is 8.70. The zero-order valence-electron chi connectivity index (χ0n) is 19.0.